The summed E-state index contributed by atoms with van der Waals surface area (Å²) in [6.45, 7) is 4.13. The van der Waals surface area contributed by atoms with Crippen LogP contribution in [0, 0.1) is 6.92 Å². The number of hydrogen-bond donors (Lipinski definition) is 1. The van der Waals surface area contributed by atoms with Crippen LogP contribution in [0.5, 0.6) is 0 Å². The third kappa shape index (κ3) is 4.05. The molecule has 0 bridgehead atoms. The van der Waals surface area contributed by atoms with Crippen molar-refractivity contribution in [2.45, 2.75) is 26.8 Å². The summed E-state index contributed by atoms with van der Waals surface area (Å²) < 4.78 is 1.51. The summed E-state index contributed by atoms with van der Waals surface area (Å²) in [5.74, 6) is -0.0263. The SMILES string of the molecule is CC(=O)Cn1c(C)ccc(NCCc2ccccc2)c1=O. The zero-order valence-corrected chi connectivity index (χ0v) is 12.4. The predicted molar refractivity (Wildman–Crippen MR) is 84.8 cm³/mol. The van der Waals surface area contributed by atoms with Crippen molar-refractivity contribution in [3.8, 4) is 0 Å². The van der Waals surface area contributed by atoms with E-state index in [9.17, 15) is 9.59 Å². The lowest BCUT2D eigenvalue weighted by Gasteiger charge is -2.12. The van der Waals surface area contributed by atoms with Gasteiger partial charge in [-0.25, -0.2) is 0 Å². The van der Waals surface area contributed by atoms with Crippen molar-refractivity contribution >= 4 is 11.5 Å². The molecular weight excluding hydrogens is 264 g/mol. The lowest BCUT2D eigenvalue weighted by Crippen LogP contribution is -2.28. The molecule has 0 aliphatic heterocycles. The molecule has 0 fully saturated rings. The second-order valence-electron chi connectivity index (χ2n) is 5.14. The van der Waals surface area contributed by atoms with Gasteiger partial charge in [0.25, 0.3) is 5.56 Å². The molecule has 2 aromatic rings. The number of pyridine rings is 1. The van der Waals surface area contributed by atoms with E-state index in [1.54, 1.807) is 6.07 Å². The minimum Gasteiger partial charge on any atom is -0.380 e. The predicted octanol–water partition coefficient (Wildman–Crippen LogP) is 2.40. The number of rotatable bonds is 6. The number of Topliss-reactive ketones (excluding diaryl/α,β-unsaturated/α-hetero) is 1. The number of nitrogens with zero attached hydrogens (tertiary/aromatic N) is 1. The van der Waals surface area contributed by atoms with Crippen LogP contribution in [-0.4, -0.2) is 16.9 Å². The van der Waals surface area contributed by atoms with Crippen LogP contribution >= 0.6 is 0 Å². The van der Waals surface area contributed by atoms with E-state index in [-0.39, 0.29) is 17.9 Å². The monoisotopic (exact) mass is 284 g/mol. The maximum atomic E-state index is 12.3. The van der Waals surface area contributed by atoms with Crippen molar-refractivity contribution in [1.82, 2.24) is 4.57 Å². The minimum absolute atomic E-state index is 0.0263. The van der Waals surface area contributed by atoms with E-state index in [4.69, 9.17) is 0 Å². The number of anilines is 1. The number of hydrogen-bond acceptors (Lipinski definition) is 3. The molecule has 0 atom stereocenters. The third-order valence-corrected chi connectivity index (χ3v) is 3.35. The summed E-state index contributed by atoms with van der Waals surface area (Å²) in [4.78, 5) is 23.6. The molecule has 1 aromatic carbocycles. The lowest BCUT2D eigenvalue weighted by molar-refractivity contribution is -0.117. The Bertz CT molecular complexity index is 675. The fourth-order valence-electron chi connectivity index (χ4n) is 2.21. The first kappa shape index (κ1) is 15.0. The summed E-state index contributed by atoms with van der Waals surface area (Å²) in [5, 5.41) is 3.16. The number of aromatic nitrogens is 1. The number of ketones is 1. The summed E-state index contributed by atoms with van der Waals surface area (Å²) in [5.41, 5.74) is 2.42. The molecule has 0 saturated carbocycles. The van der Waals surface area contributed by atoms with Crippen molar-refractivity contribution in [1.29, 1.82) is 0 Å². The average Bonchev–Trinajstić information content (AvgIpc) is 2.47. The average molecular weight is 284 g/mol. The van der Waals surface area contributed by atoms with Gasteiger partial charge in [-0.1, -0.05) is 30.3 Å². The maximum Gasteiger partial charge on any atom is 0.274 e. The lowest BCUT2D eigenvalue weighted by atomic mass is 10.1. The largest absolute Gasteiger partial charge is 0.380 e. The van der Waals surface area contributed by atoms with E-state index in [1.807, 2.05) is 31.2 Å². The number of carbonyl (C=O) groups is 1. The molecule has 4 nitrogen and oxygen atoms in total. The van der Waals surface area contributed by atoms with E-state index < -0.39 is 0 Å². The molecule has 1 N–H and O–H groups in total. The van der Waals surface area contributed by atoms with Crippen LogP contribution in [-0.2, 0) is 17.8 Å². The van der Waals surface area contributed by atoms with Crippen LogP contribution in [0.1, 0.15) is 18.2 Å². The highest BCUT2D eigenvalue weighted by molar-refractivity contribution is 5.75. The van der Waals surface area contributed by atoms with Crippen LogP contribution in [0.3, 0.4) is 0 Å². The smallest absolute Gasteiger partial charge is 0.274 e. The molecule has 0 radical (unpaired) electrons. The van der Waals surface area contributed by atoms with Gasteiger partial charge in [-0.2, -0.15) is 0 Å². The van der Waals surface area contributed by atoms with Gasteiger partial charge in [0.05, 0.1) is 6.54 Å². The molecule has 110 valence electrons. The second kappa shape index (κ2) is 6.88. The van der Waals surface area contributed by atoms with Gasteiger partial charge in [0.1, 0.15) is 11.5 Å². The van der Waals surface area contributed by atoms with E-state index in [0.717, 1.165) is 12.1 Å². The molecule has 0 aliphatic rings. The normalized spacial score (nSPS) is 10.4. The Morgan fingerprint density at radius 2 is 1.86 bits per heavy atom. The molecule has 2 rings (SSSR count). The van der Waals surface area contributed by atoms with Crippen LogP contribution in [0.15, 0.2) is 47.3 Å². The summed E-state index contributed by atoms with van der Waals surface area (Å²) in [7, 11) is 0. The van der Waals surface area contributed by atoms with E-state index in [2.05, 4.69) is 17.4 Å². The second-order valence-corrected chi connectivity index (χ2v) is 5.14. The molecule has 0 unspecified atom stereocenters. The fourth-order valence-corrected chi connectivity index (χ4v) is 2.21. The number of carbonyl (C=O) groups excluding carboxylic acids is 1. The van der Waals surface area contributed by atoms with Crippen LogP contribution in [0.2, 0.25) is 0 Å². The molecule has 0 saturated heterocycles. The number of aryl methyl sites for hydroxylation is 1. The van der Waals surface area contributed by atoms with Gasteiger partial charge >= 0.3 is 0 Å². The Balaban J connectivity index is 2.07. The van der Waals surface area contributed by atoms with Gasteiger partial charge in [0.2, 0.25) is 0 Å². The van der Waals surface area contributed by atoms with Gasteiger partial charge in [-0.15, -0.1) is 0 Å². The Morgan fingerprint density at radius 3 is 2.52 bits per heavy atom. The van der Waals surface area contributed by atoms with Crippen LogP contribution in [0.4, 0.5) is 5.69 Å². The van der Waals surface area contributed by atoms with E-state index in [1.165, 1.54) is 17.1 Å². The van der Waals surface area contributed by atoms with Crippen molar-refractivity contribution in [2.75, 3.05) is 11.9 Å². The molecule has 0 amide bonds. The van der Waals surface area contributed by atoms with Gasteiger partial charge in [0, 0.05) is 12.2 Å². The molecule has 0 spiro atoms. The highest BCUT2D eigenvalue weighted by Gasteiger charge is 2.07. The van der Waals surface area contributed by atoms with Gasteiger partial charge in [0.15, 0.2) is 0 Å². The van der Waals surface area contributed by atoms with E-state index in [0.29, 0.717) is 12.2 Å². The Kier molecular flexibility index (Phi) is 4.93. The van der Waals surface area contributed by atoms with Crippen molar-refractivity contribution in [3.63, 3.8) is 0 Å². The van der Waals surface area contributed by atoms with Gasteiger partial charge < -0.3 is 9.88 Å². The Hall–Kier alpha value is -2.36. The highest BCUT2D eigenvalue weighted by Crippen LogP contribution is 2.05. The molecule has 1 aromatic heterocycles. The van der Waals surface area contributed by atoms with Crippen molar-refractivity contribution in [3.05, 3.63) is 64.1 Å². The number of nitrogens with one attached hydrogen (secondary N) is 1. The first-order valence-corrected chi connectivity index (χ1v) is 7.05. The van der Waals surface area contributed by atoms with E-state index >= 15 is 0 Å². The Labute approximate surface area is 124 Å². The van der Waals surface area contributed by atoms with Crippen molar-refractivity contribution in [2.24, 2.45) is 0 Å². The molecule has 0 aliphatic carbocycles. The van der Waals surface area contributed by atoms with Crippen LogP contribution in [0.25, 0.3) is 0 Å². The zero-order valence-electron chi connectivity index (χ0n) is 12.4. The first-order valence-electron chi connectivity index (χ1n) is 7.05. The fraction of sp³-hybridized carbons (Fsp3) is 0.294. The van der Waals surface area contributed by atoms with Gasteiger partial charge in [-0.05, 0) is 38.0 Å². The summed E-state index contributed by atoms with van der Waals surface area (Å²) in [6.07, 6.45) is 0.848. The first-order chi connectivity index (χ1) is 10.1. The molecular formula is C17H20N2O2. The zero-order chi connectivity index (χ0) is 15.2. The molecule has 21 heavy (non-hydrogen) atoms. The third-order valence-electron chi connectivity index (χ3n) is 3.35. The highest BCUT2D eigenvalue weighted by atomic mass is 16.1. The van der Waals surface area contributed by atoms with Crippen LogP contribution < -0.4 is 10.9 Å². The standard InChI is InChI=1S/C17H20N2O2/c1-13-8-9-16(17(21)19(13)12-14(2)20)18-11-10-15-6-4-3-5-7-15/h3-9,18H,10-12H2,1-2H3. The summed E-state index contributed by atoms with van der Waals surface area (Å²) in [6, 6.07) is 13.7. The maximum absolute atomic E-state index is 12.3. The van der Waals surface area contributed by atoms with Gasteiger partial charge in [-0.3, -0.25) is 9.59 Å². The quantitative estimate of drug-likeness (QED) is 0.886. The molecule has 1 heterocycles. The Morgan fingerprint density at radius 1 is 1.14 bits per heavy atom. The number of benzene rings is 1. The van der Waals surface area contributed by atoms with Crippen molar-refractivity contribution < 1.29 is 4.79 Å². The topological polar surface area (TPSA) is 51.1 Å². The summed E-state index contributed by atoms with van der Waals surface area (Å²) >= 11 is 0. The molecule has 4 heteroatoms. The minimum atomic E-state index is -0.140.